The number of rotatable bonds is 6. The molecule has 3 heterocycles. The van der Waals surface area contributed by atoms with Gasteiger partial charge in [-0.1, -0.05) is 19.3 Å². The van der Waals surface area contributed by atoms with Crippen LogP contribution in [0.15, 0.2) is 43.2 Å². The maximum atomic E-state index is 12.8. The average molecular weight is 429 g/mol. The van der Waals surface area contributed by atoms with E-state index in [1.54, 1.807) is 35.1 Å². The lowest BCUT2D eigenvalue weighted by atomic mass is 9.95. The highest BCUT2D eigenvalue weighted by atomic mass is 16.5. The van der Waals surface area contributed by atoms with Gasteiger partial charge in [0.15, 0.2) is 0 Å². The molecule has 1 fully saturated rings. The number of carbonyl (C=O) groups excluding carboxylic acids is 1. The first kappa shape index (κ1) is 22.6. The molecule has 3 aromatic heterocycles. The van der Waals surface area contributed by atoms with Crippen LogP contribution in [0.3, 0.4) is 0 Å². The van der Waals surface area contributed by atoms with Crippen LogP contribution < -0.4 is 5.32 Å². The summed E-state index contributed by atoms with van der Waals surface area (Å²) in [5, 5.41) is 15.3. The highest BCUT2D eigenvalue weighted by Gasteiger charge is 2.19. The summed E-state index contributed by atoms with van der Waals surface area (Å²) in [7, 11) is 3.42. The average Bonchev–Trinajstić information content (AvgIpc) is 3.47. The normalized spacial score (nSPS) is 14.0. The molecule has 2 N–H and O–H groups in total. The Labute approximate surface area is 183 Å². The molecule has 1 saturated carbocycles. The predicted molar refractivity (Wildman–Crippen MR) is 119 cm³/mol. The second-order valence-electron chi connectivity index (χ2n) is 7.50. The van der Waals surface area contributed by atoms with Gasteiger partial charge < -0.3 is 15.2 Å². The summed E-state index contributed by atoms with van der Waals surface area (Å²) in [5.74, 6) is 0.543. The molecule has 1 aliphatic carbocycles. The minimum absolute atomic E-state index is 0. The van der Waals surface area contributed by atoms with Crippen LogP contribution in [0.1, 0.15) is 44.0 Å². The quantitative estimate of drug-likeness (QED) is 0.625. The summed E-state index contributed by atoms with van der Waals surface area (Å²) in [6.45, 7) is 0.566. The van der Waals surface area contributed by atoms with Gasteiger partial charge in [0, 0.05) is 45.8 Å². The molecule has 31 heavy (non-hydrogen) atoms. The summed E-state index contributed by atoms with van der Waals surface area (Å²) in [5.41, 5.74) is 2.27. The van der Waals surface area contributed by atoms with Gasteiger partial charge in [-0.25, -0.2) is 9.97 Å². The predicted octanol–water partition coefficient (Wildman–Crippen LogP) is 2.60. The van der Waals surface area contributed by atoms with Crippen molar-refractivity contribution in [3.05, 3.63) is 48.9 Å². The van der Waals surface area contributed by atoms with Gasteiger partial charge in [0.1, 0.15) is 17.8 Å². The van der Waals surface area contributed by atoms with Crippen molar-refractivity contribution in [2.45, 2.75) is 38.1 Å². The van der Waals surface area contributed by atoms with Crippen LogP contribution in [-0.2, 0) is 11.8 Å². The maximum absolute atomic E-state index is 12.8. The molecule has 0 aliphatic heterocycles. The summed E-state index contributed by atoms with van der Waals surface area (Å²) in [6, 6.07) is 4.02. The molecule has 3 aromatic rings. The van der Waals surface area contributed by atoms with Crippen LogP contribution in [0.2, 0.25) is 0 Å². The fourth-order valence-corrected chi connectivity index (χ4v) is 3.49. The number of imidazole rings is 1. The molecular formula is C22H32N6O3. The molecule has 9 nitrogen and oxygen atoms in total. The summed E-state index contributed by atoms with van der Waals surface area (Å²) < 4.78 is 7.99. The van der Waals surface area contributed by atoms with Crippen LogP contribution in [-0.4, -0.2) is 61.7 Å². The number of nitrogens with zero attached hydrogens (tertiary/aromatic N) is 5. The van der Waals surface area contributed by atoms with E-state index < -0.39 is 0 Å². The van der Waals surface area contributed by atoms with Gasteiger partial charge in [-0.2, -0.15) is 5.10 Å². The molecule has 1 amide bonds. The maximum Gasteiger partial charge on any atom is 0.270 e. The van der Waals surface area contributed by atoms with Gasteiger partial charge in [0.25, 0.3) is 5.91 Å². The van der Waals surface area contributed by atoms with Crippen LogP contribution >= 0.6 is 0 Å². The van der Waals surface area contributed by atoms with Gasteiger partial charge in [-0.05, 0) is 30.5 Å². The van der Waals surface area contributed by atoms with Crippen molar-refractivity contribution in [1.29, 1.82) is 0 Å². The van der Waals surface area contributed by atoms with E-state index in [9.17, 15) is 4.79 Å². The number of hydrogen-bond acceptors (Lipinski definition) is 6. The van der Waals surface area contributed by atoms with Crippen LogP contribution in [0.25, 0.3) is 16.9 Å². The monoisotopic (exact) mass is 428 g/mol. The van der Waals surface area contributed by atoms with Crippen LogP contribution in [0.5, 0.6) is 0 Å². The molecule has 0 atom stereocenters. The number of pyridine rings is 1. The second kappa shape index (κ2) is 11.4. The molecule has 0 spiro atoms. The smallest absolute Gasteiger partial charge is 0.270 e. The van der Waals surface area contributed by atoms with Crippen molar-refractivity contribution in [2.24, 2.45) is 7.05 Å². The van der Waals surface area contributed by atoms with Crippen molar-refractivity contribution in [1.82, 2.24) is 29.6 Å². The Balaban J connectivity index is 0.000000548. The number of ether oxygens (including phenoxy) is 1. The van der Waals surface area contributed by atoms with Crippen molar-refractivity contribution in [3.8, 4) is 16.9 Å². The number of methoxy groups -OCH3 is 1. The van der Waals surface area contributed by atoms with Gasteiger partial charge >= 0.3 is 0 Å². The number of hydrogen-bond donors (Lipinski definition) is 2. The van der Waals surface area contributed by atoms with Gasteiger partial charge in [-0.3, -0.25) is 14.0 Å². The lowest BCUT2D eigenvalue weighted by Gasteiger charge is -2.22. The number of aliphatic hydroxyl groups excluding tert-OH is 1. The Kier molecular flexibility index (Phi) is 8.31. The molecule has 4 rings (SSSR count). The largest absolute Gasteiger partial charge is 0.394 e. The number of carbonyl (C=O) groups is 1. The minimum atomic E-state index is -0.121. The van der Waals surface area contributed by atoms with Crippen LogP contribution in [0, 0.1) is 0 Å². The van der Waals surface area contributed by atoms with E-state index in [1.807, 2.05) is 31.6 Å². The number of nitrogens with one attached hydrogen (secondary N) is 1. The van der Waals surface area contributed by atoms with E-state index in [0.29, 0.717) is 18.1 Å². The number of aromatic nitrogens is 5. The first-order chi connectivity index (χ1) is 15.1. The van der Waals surface area contributed by atoms with Crippen LogP contribution in [0.4, 0.5) is 0 Å². The first-order valence-corrected chi connectivity index (χ1v) is 10.5. The van der Waals surface area contributed by atoms with Crippen molar-refractivity contribution < 1.29 is 16.1 Å². The Bertz CT molecular complexity index is 952. The third-order valence-electron chi connectivity index (χ3n) is 5.09. The molecule has 0 saturated heterocycles. The van der Waals surface area contributed by atoms with Crippen molar-refractivity contribution >= 4 is 5.91 Å². The molecule has 0 bridgehead atoms. The second-order valence-corrected chi connectivity index (χ2v) is 7.50. The van der Waals surface area contributed by atoms with E-state index >= 15 is 0 Å². The zero-order valence-corrected chi connectivity index (χ0v) is 18.1. The van der Waals surface area contributed by atoms with E-state index in [4.69, 9.17) is 5.11 Å². The fraction of sp³-hybridized carbons (Fsp3) is 0.455. The highest BCUT2D eigenvalue weighted by Crippen LogP contribution is 2.23. The summed E-state index contributed by atoms with van der Waals surface area (Å²) >= 11 is 0. The Morgan fingerprint density at radius 1 is 1.29 bits per heavy atom. The third kappa shape index (κ3) is 6.47. The molecule has 0 unspecified atom stereocenters. The van der Waals surface area contributed by atoms with Gasteiger partial charge in [0.05, 0.1) is 19.4 Å². The third-order valence-corrected chi connectivity index (χ3v) is 5.09. The molecule has 9 heteroatoms. The minimum Gasteiger partial charge on any atom is -0.394 e. The molecule has 0 aromatic carbocycles. The standard InChI is InChI=1S/C19H22N6O.C3H8O2.H2/c1-24-12-15(11-21-24)14-9-17(19(26)22-16-5-3-2-4-6-16)23-18(10-14)25-8-7-20-13-25;1-5-3-2-4;/h7-13,16H,2-6H2,1H3,(H,22,26);4H,2-3H2,1H3;1H. The van der Waals surface area contributed by atoms with E-state index in [2.05, 4.69) is 25.1 Å². The Morgan fingerprint density at radius 3 is 2.68 bits per heavy atom. The number of aryl methyl sites for hydroxylation is 1. The Morgan fingerprint density at radius 2 is 2.10 bits per heavy atom. The fourth-order valence-electron chi connectivity index (χ4n) is 3.49. The molecule has 1 aliphatic rings. The van der Waals surface area contributed by atoms with E-state index in [-0.39, 0.29) is 20.0 Å². The molecule has 0 radical (unpaired) electrons. The van der Waals surface area contributed by atoms with Gasteiger partial charge in [0.2, 0.25) is 0 Å². The van der Waals surface area contributed by atoms with E-state index in [0.717, 1.165) is 24.0 Å². The van der Waals surface area contributed by atoms with Crippen molar-refractivity contribution in [3.63, 3.8) is 0 Å². The first-order valence-electron chi connectivity index (χ1n) is 10.5. The van der Waals surface area contributed by atoms with Gasteiger partial charge in [-0.15, -0.1) is 0 Å². The lowest BCUT2D eigenvalue weighted by molar-refractivity contribution is 0.0922. The Hall–Kier alpha value is -3.04. The molecular weight excluding hydrogens is 396 g/mol. The zero-order valence-electron chi connectivity index (χ0n) is 18.1. The summed E-state index contributed by atoms with van der Waals surface area (Å²) in [4.78, 5) is 21.4. The highest BCUT2D eigenvalue weighted by molar-refractivity contribution is 5.94. The molecule has 168 valence electrons. The van der Waals surface area contributed by atoms with Crippen molar-refractivity contribution in [2.75, 3.05) is 20.3 Å². The lowest BCUT2D eigenvalue weighted by Crippen LogP contribution is -2.36. The SMILES string of the molecule is COCCO.Cn1cc(-c2cc(C(=O)NC3CCCCC3)nc(-n3ccnc3)c2)cn1.[HH]. The number of aliphatic hydroxyl groups is 1. The number of amides is 1. The summed E-state index contributed by atoms with van der Waals surface area (Å²) in [6.07, 6.45) is 14.6. The van der Waals surface area contributed by atoms with E-state index in [1.165, 1.54) is 19.3 Å². The topological polar surface area (TPSA) is 107 Å². The zero-order chi connectivity index (χ0) is 22.1.